The first-order valence-corrected chi connectivity index (χ1v) is 6.18. The van der Waals surface area contributed by atoms with E-state index >= 15 is 0 Å². The molecule has 5 nitrogen and oxygen atoms in total. The molecule has 20 heavy (non-hydrogen) atoms. The molecule has 5 heteroatoms. The third-order valence-corrected chi connectivity index (χ3v) is 3.27. The van der Waals surface area contributed by atoms with Crippen molar-refractivity contribution in [1.29, 1.82) is 5.26 Å². The van der Waals surface area contributed by atoms with E-state index in [4.69, 9.17) is 5.26 Å². The lowest BCUT2D eigenvalue weighted by atomic mass is 10.0. The highest BCUT2D eigenvalue weighted by Gasteiger charge is 2.12. The first-order valence-electron chi connectivity index (χ1n) is 6.18. The largest absolute Gasteiger partial charge is 0.325 e. The summed E-state index contributed by atoms with van der Waals surface area (Å²) in [6, 6.07) is 5.54. The minimum absolute atomic E-state index is 0.108. The highest BCUT2D eigenvalue weighted by Crippen LogP contribution is 2.26. The molecule has 3 rings (SSSR count). The Balaban J connectivity index is 2.39. The molecule has 0 saturated heterocycles. The molecule has 0 aromatic carbocycles. The van der Waals surface area contributed by atoms with Crippen molar-refractivity contribution in [3.05, 3.63) is 57.9 Å². The maximum atomic E-state index is 11.6. The van der Waals surface area contributed by atoms with E-state index in [2.05, 4.69) is 9.97 Å². The van der Waals surface area contributed by atoms with Crippen molar-refractivity contribution in [1.82, 2.24) is 14.4 Å². The summed E-state index contributed by atoms with van der Waals surface area (Å²) in [7, 11) is 0. The molecule has 0 aliphatic heterocycles. The van der Waals surface area contributed by atoms with Crippen molar-refractivity contribution >= 4 is 5.65 Å². The molecular formula is C15H12N4O. The number of aryl methyl sites for hydroxylation is 2. The average Bonchev–Trinajstić information content (AvgIpc) is 2.86. The van der Waals surface area contributed by atoms with Gasteiger partial charge in [0.05, 0.1) is 0 Å². The van der Waals surface area contributed by atoms with Crippen molar-refractivity contribution in [2.45, 2.75) is 13.8 Å². The van der Waals surface area contributed by atoms with Crippen LogP contribution in [0.1, 0.15) is 16.8 Å². The van der Waals surface area contributed by atoms with Gasteiger partial charge in [0.25, 0.3) is 5.56 Å². The molecule has 0 spiro atoms. The van der Waals surface area contributed by atoms with E-state index in [1.54, 1.807) is 12.3 Å². The Kier molecular flexibility index (Phi) is 2.65. The van der Waals surface area contributed by atoms with Crippen LogP contribution in [0.5, 0.6) is 0 Å². The second kappa shape index (κ2) is 4.35. The minimum Gasteiger partial charge on any atom is -0.325 e. The molecule has 0 atom stereocenters. The predicted octanol–water partition coefficient (Wildman–Crippen LogP) is 2.18. The van der Waals surface area contributed by atoms with Gasteiger partial charge in [-0.2, -0.15) is 5.26 Å². The summed E-state index contributed by atoms with van der Waals surface area (Å²) in [5.41, 5.74) is 4.08. The molecule has 3 heterocycles. The van der Waals surface area contributed by atoms with Gasteiger partial charge < -0.3 is 9.38 Å². The lowest BCUT2D eigenvalue weighted by Gasteiger charge is -2.09. The molecule has 0 unspecified atom stereocenters. The van der Waals surface area contributed by atoms with Crippen molar-refractivity contribution in [2.75, 3.05) is 0 Å². The lowest BCUT2D eigenvalue weighted by molar-refractivity contribution is 1.12. The first kappa shape index (κ1) is 12.2. The summed E-state index contributed by atoms with van der Waals surface area (Å²) < 4.78 is 1.93. The molecule has 3 aromatic heterocycles. The minimum atomic E-state index is -0.360. The summed E-state index contributed by atoms with van der Waals surface area (Å²) in [6.45, 7) is 3.81. The zero-order valence-electron chi connectivity index (χ0n) is 11.1. The van der Waals surface area contributed by atoms with Gasteiger partial charge in [-0.25, -0.2) is 4.98 Å². The van der Waals surface area contributed by atoms with Crippen molar-refractivity contribution in [3.63, 3.8) is 0 Å². The topological polar surface area (TPSA) is 73.9 Å². The Morgan fingerprint density at radius 3 is 2.85 bits per heavy atom. The highest BCUT2D eigenvalue weighted by atomic mass is 16.1. The van der Waals surface area contributed by atoms with Crippen LogP contribution in [0.2, 0.25) is 0 Å². The van der Waals surface area contributed by atoms with E-state index < -0.39 is 0 Å². The third-order valence-electron chi connectivity index (χ3n) is 3.27. The smallest absolute Gasteiger partial charge is 0.266 e. The van der Waals surface area contributed by atoms with Gasteiger partial charge in [0.1, 0.15) is 17.3 Å². The maximum Gasteiger partial charge on any atom is 0.266 e. The van der Waals surface area contributed by atoms with E-state index in [0.29, 0.717) is 0 Å². The van der Waals surface area contributed by atoms with E-state index in [1.807, 2.05) is 42.8 Å². The number of nitrogens with one attached hydrogen (secondary N) is 1. The maximum absolute atomic E-state index is 11.6. The monoisotopic (exact) mass is 264 g/mol. The van der Waals surface area contributed by atoms with E-state index in [-0.39, 0.29) is 11.1 Å². The normalized spacial score (nSPS) is 10.7. The fraction of sp³-hybridized carbons (Fsp3) is 0.133. The van der Waals surface area contributed by atoms with Crippen molar-refractivity contribution in [2.24, 2.45) is 0 Å². The molecular weight excluding hydrogens is 252 g/mol. The van der Waals surface area contributed by atoms with Crippen LogP contribution in [-0.4, -0.2) is 14.4 Å². The summed E-state index contributed by atoms with van der Waals surface area (Å²) in [6.07, 6.45) is 5.58. The molecule has 0 bridgehead atoms. The number of imidazole rings is 1. The van der Waals surface area contributed by atoms with Crippen LogP contribution < -0.4 is 5.56 Å². The summed E-state index contributed by atoms with van der Waals surface area (Å²) in [5.74, 6) is 0. The number of aromatic amines is 1. The number of nitrogens with zero attached hydrogens (tertiary/aromatic N) is 3. The molecule has 3 aromatic rings. The van der Waals surface area contributed by atoms with Gasteiger partial charge in [0.15, 0.2) is 0 Å². The molecule has 0 aliphatic rings. The van der Waals surface area contributed by atoms with Crippen LogP contribution in [0.15, 0.2) is 35.5 Å². The Morgan fingerprint density at radius 1 is 1.30 bits per heavy atom. The number of rotatable bonds is 1. The summed E-state index contributed by atoms with van der Waals surface area (Å²) >= 11 is 0. The van der Waals surface area contributed by atoms with Gasteiger partial charge in [0, 0.05) is 35.4 Å². The predicted molar refractivity (Wildman–Crippen MR) is 75.4 cm³/mol. The highest BCUT2D eigenvalue weighted by molar-refractivity contribution is 5.80. The molecule has 0 amide bonds. The molecule has 0 fully saturated rings. The third kappa shape index (κ3) is 1.79. The second-order valence-electron chi connectivity index (χ2n) is 4.75. The van der Waals surface area contributed by atoms with Crippen LogP contribution in [0, 0.1) is 25.2 Å². The molecule has 1 N–H and O–H groups in total. The average molecular weight is 264 g/mol. The zero-order chi connectivity index (χ0) is 14.3. The van der Waals surface area contributed by atoms with Crippen LogP contribution in [0.3, 0.4) is 0 Å². The van der Waals surface area contributed by atoms with Gasteiger partial charge in [-0.05, 0) is 31.5 Å². The van der Waals surface area contributed by atoms with E-state index in [9.17, 15) is 4.79 Å². The van der Waals surface area contributed by atoms with Crippen LogP contribution in [-0.2, 0) is 0 Å². The first-order chi connectivity index (χ1) is 9.60. The summed E-state index contributed by atoms with van der Waals surface area (Å²) in [5, 5.41) is 9.02. The van der Waals surface area contributed by atoms with E-state index in [1.165, 1.54) is 0 Å². The fourth-order valence-electron chi connectivity index (χ4n) is 2.36. The number of hydrogen-bond acceptors (Lipinski definition) is 3. The van der Waals surface area contributed by atoms with Gasteiger partial charge in [-0.15, -0.1) is 0 Å². The summed E-state index contributed by atoms with van der Waals surface area (Å²) in [4.78, 5) is 18.7. The number of aromatic nitrogens is 3. The van der Waals surface area contributed by atoms with Gasteiger partial charge in [-0.1, -0.05) is 0 Å². The second-order valence-corrected chi connectivity index (χ2v) is 4.75. The molecule has 98 valence electrons. The Morgan fingerprint density at radius 2 is 2.10 bits per heavy atom. The lowest BCUT2D eigenvalue weighted by Crippen LogP contribution is -2.12. The van der Waals surface area contributed by atoms with E-state index in [0.717, 1.165) is 28.0 Å². The van der Waals surface area contributed by atoms with Crippen LogP contribution in [0.4, 0.5) is 0 Å². The number of nitriles is 1. The van der Waals surface area contributed by atoms with Gasteiger partial charge >= 0.3 is 0 Å². The Hall–Kier alpha value is -2.87. The molecule has 0 saturated carbocycles. The number of hydrogen-bond donors (Lipinski definition) is 1. The molecule has 0 radical (unpaired) electrons. The SMILES string of the molecule is Cc1cc(-c2cc(C#N)c(=O)[nH]c2C)c2nccn2c1. The Labute approximate surface area is 115 Å². The zero-order valence-corrected chi connectivity index (χ0v) is 11.1. The Bertz CT molecular complexity index is 912. The van der Waals surface area contributed by atoms with Gasteiger partial charge in [-0.3, -0.25) is 4.79 Å². The number of H-pyrrole nitrogens is 1. The van der Waals surface area contributed by atoms with Crippen LogP contribution in [0.25, 0.3) is 16.8 Å². The van der Waals surface area contributed by atoms with Crippen molar-refractivity contribution in [3.8, 4) is 17.2 Å². The quantitative estimate of drug-likeness (QED) is 0.732. The van der Waals surface area contributed by atoms with Crippen molar-refractivity contribution < 1.29 is 0 Å². The van der Waals surface area contributed by atoms with Crippen LogP contribution >= 0.6 is 0 Å². The molecule has 0 aliphatic carbocycles. The standard InChI is InChI=1S/C15H12N4O/c1-9-5-13(14-17-3-4-19(14)8-9)12-6-11(7-16)15(20)18-10(12)2/h3-6,8H,1-2H3,(H,18,20). The fourth-order valence-corrected chi connectivity index (χ4v) is 2.36. The number of fused-ring (bicyclic) bond motifs is 1. The number of pyridine rings is 2. The van der Waals surface area contributed by atoms with Gasteiger partial charge in [0.2, 0.25) is 0 Å².